The second-order valence-corrected chi connectivity index (χ2v) is 7.51. The van der Waals surface area contributed by atoms with Gasteiger partial charge in [-0.3, -0.25) is 4.79 Å². The van der Waals surface area contributed by atoms with Gasteiger partial charge in [-0.15, -0.1) is 0 Å². The predicted octanol–water partition coefficient (Wildman–Crippen LogP) is 2.16. The zero-order chi connectivity index (χ0) is 17.7. The van der Waals surface area contributed by atoms with E-state index in [1.54, 1.807) is 24.3 Å². The van der Waals surface area contributed by atoms with Crippen molar-refractivity contribution in [1.29, 1.82) is 0 Å². The number of benzene rings is 1. The number of nitrogens with one attached hydrogen (secondary N) is 2. The molecule has 0 radical (unpaired) electrons. The average molecular weight is 414 g/mol. The van der Waals surface area contributed by atoms with Gasteiger partial charge in [-0.1, -0.05) is 15.9 Å². The SMILES string of the molecule is COc1ccc(NC(=O)[C@H](C)NS(=O)(=O)c2ccc(Br)cc2)cn1. The normalized spacial score (nSPS) is 12.5. The Morgan fingerprint density at radius 2 is 1.88 bits per heavy atom. The molecule has 1 heterocycles. The van der Waals surface area contributed by atoms with E-state index in [1.165, 1.54) is 32.4 Å². The Kier molecular flexibility index (Phi) is 5.92. The highest BCUT2D eigenvalue weighted by molar-refractivity contribution is 9.10. The Balaban J connectivity index is 2.03. The number of anilines is 1. The van der Waals surface area contributed by atoms with Crippen LogP contribution < -0.4 is 14.8 Å². The fourth-order valence-corrected chi connectivity index (χ4v) is 3.26. The third-order valence-corrected chi connectivity index (χ3v) is 5.15. The number of carbonyl (C=O) groups is 1. The number of methoxy groups -OCH3 is 1. The minimum atomic E-state index is -3.79. The van der Waals surface area contributed by atoms with Gasteiger partial charge in [0.25, 0.3) is 0 Å². The van der Waals surface area contributed by atoms with E-state index in [4.69, 9.17) is 4.74 Å². The van der Waals surface area contributed by atoms with Gasteiger partial charge in [0.05, 0.1) is 29.9 Å². The molecule has 1 amide bonds. The summed E-state index contributed by atoms with van der Waals surface area (Å²) in [7, 11) is -2.31. The molecule has 0 saturated carbocycles. The molecule has 0 spiro atoms. The number of ether oxygens (including phenoxy) is 1. The van der Waals surface area contributed by atoms with Crippen LogP contribution in [0.3, 0.4) is 0 Å². The number of amides is 1. The minimum absolute atomic E-state index is 0.0801. The largest absolute Gasteiger partial charge is 0.481 e. The van der Waals surface area contributed by atoms with Crippen molar-refractivity contribution < 1.29 is 17.9 Å². The van der Waals surface area contributed by atoms with Gasteiger partial charge in [-0.2, -0.15) is 4.72 Å². The quantitative estimate of drug-likeness (QED) is 0.755. The topological polar surface area (TPSA) is 97.4 Å². The van der Waals surface area contributed by atoms with E-state index < -0.39 is 22.0 Å². The Morgan fingerprint density at radius 1 is 1.21 bits per heavy atom. The first-order valence-electron chi connectivity index (χ1n) is 6.90. The molecular formula is C15H16BrN3O4S. The van der Waals surface area contributed by atoms with Crippen molar-refractivity contribution in [3.63, 3.8) is 0 Å². The first-order chi connectivity index (χ1) is 11.3. The summed E-state index contributed by atoms with van der Waals surface area (Å²) < 4.78 is 32.5. The first-order valence-corrected chi connectivity index (χ1v) is 9.18. The van der Waals surface area contributed by atoms with Crippen molar-refractivity contribution in [3.8, 4) is 5.88 Å². The highest BCUT2D eigenvalue weighted by Gasteiger charge is 2.22. The Hall–Kier alpha value is -1.97. The fourth-order valence-electron chi connectivity index (χ4n) is 1.79. The summed E-state index contributed by atoms with van der Waals surface area (Å²) in [5.41, 5.74) is 0.440. The van der Waals surface area contributed by atoms with Crippen molar-refractivity contribution in [1.82, 2.24) is 9.71 Å². The summed E-state index contributed by atoms with van der Waals surface area (Å²) in [5.74, 6) is -0.0837. The molecule has 7 nitrogen and oxygen atoms in total. The van der Waals surface area contributed by atoms with Crippen molar-refractivity contribution in [2.75, 3.05) is 12.4 Å². The number of halogens is 1. The van der Waals surface area contributed by atoms with Crippen LogP contribution in [0.25, 0.3) is 0 Å². The molecule has 1 aromatic carbocycles. The summed E-state index contributed by atoms with van der Waals surface area (Å²) >= 11 is 3.24. The van der Waals surface area contributed by atoms with Crippen LogP contribution in [0, 0.1) is 0 Å². The zero-order valence-electron chi connectivity index (χ0n) is 13.0. The van der Waals surface area contributed by atoms with Crippen LogP contribution in [-0.2, 0) is 14.8 Å². The lowest BCUT2D eigenvalue weighted by molar-refractivity contribution is -0.117. The van der Waals surface area contributed by atoms with Crippen molar-refractivity contribution >= 4 is 37.5 Å². The van der Waals surface area contributed by atoms with Crippen LogP contribution in [0.1, 0.15) is 6.92 Å². The molecule has 0 unspecified atom stereocenters. The Bertz CT molecular complexity index is 808. The number of pyridine rings is 1. The van der Waals surface area contributed by atoms with Gasteiger partial charge < -0.3 is 10.1 Å². The van der Waals surface area contributed by atoms with Crippen LogP contribution in [0.15, 0.2) is 52.0 Å². The predicted molar refractivity (Wildman–Crippen MR) is 93.3 cm³/mol. The van der Waals surface area contributed by atoms with Crippen molar-refractivity contribution in [2.45, 2.75) is 17.9 Å². The van der Waals surface area contributed by atoms with Crippen LogP contribution >= 0.6 is 15.9 Å². The summed E-state index contributed by atoms with van der Waals surface area (Å²) in [6.45, 7) is 1.46. The number of carbonyl (C=O) groups excluding carboxylic acids is 1. The second kappa shape index (κ2) is 7.73. The lowest BCUT2D eigenvalue weighted by Gasteiger charge is -2.14. The molecule has 2 N–H and O–H groups in total. The minimum Gasteiger partial charge on any atom is -0.481 e. The smallest absolute Gasteiger partial charge is 0.242 e. The summed E-state index contributed by atoms with van der Waals surface area (Å²) in [4.78, 5) is 16.2. The van der Waals surface area contributed by atoms with Gasteiger partial charge in [0.1, 0.15) is 0 Å². The van der Waals surface area contributed by atoms with E-state index in [0.717, 1.165) is 4.47 Å². The Morgan fingerprint density at radius 3 is 2.42 bits per heavy atom. The Labute approximate surface area is 148 Å². The standard InChI is InChI=1S/C15H16BrN3O4S/c1-10(15(20)18-12-5-8-14(23-2)17-9-12)19-24(21,22)13-6-3-11(16)4-7-13/h3-10,19H,1-2H3,(H,18,20)/t10-/m0/s1. The van der Waals surface area contributed by atoms with E-state index in [1.807, 2.05) is 0 Å². The van der Waals surface area contributed by atoms with Gasteiger partial charge in [0.2, 0.25) is 21.8 Å². The second-order valence-electron chi connectivity index (χ2n) is 4.88. The fraction of sp³-hybridized carbons (Fsp3) is 0.200. The van der Waals surface area contributed by atoms with Crippen LogP contribution in [-0.4, -0.2) is 32.5 Å². The van der Waals surface area contributed by atoms with E-state index >= 15 is 0 Å². The molecule has 0 aliphatic rings. The lowest BCUT2D eigenvalue weighted by atomic mass is 10.3. The molecule has 0 saturated heterocycles. The lowest BCUT2D eigenvalue weighted by Crippen LogP contribution is -2.41. The molecule has 0 aliphatic carbocycles. The maximum atomic E-state index is 12.3. The van der Waals surface area contributed by atoms with E-state index in [0.29, 0.717) is 11.6 Å². The highest BCUT2D eigenvalue weighted by Crippen LogP contribution is 2.15. The molecule has 9 heteroatoms. The average Bonchev–Trinajstić information content (AvgIpc) is 2.55. The molecule has 0 aliphatic heterocycles. The number of sulfonamides is 1. The van der Waals surface area contributed by atoms with Crippen molar-refractivity contribution in [2.24, 2.45) is 0 Å². The highest BCUT2D eigenvalue weighted by atomic mass is 79.9. The molecule has 0 fully saturated rings. The summed E-state index contributed by atoms with van der Waals surface area (Å²) in [5, 5.41) is 2.58. The van der Waals surface area contributed by atoms with Crippen molar-refractivity contribution in [3.05, 3.63) is 47.1 Å². The van der Waals surface area contributed by atoms with E-state index in [9.17, 15) is 13.2 Å². The van der Waals surface area contributed by atoms with Crippen LogP contribution in [0.4, 0.5) is 5.69 Å². The summed E-state index contributed by atoms with van der Waals surface area (Å²) in [6.07, 6.45) is 1.42. The molecule has 24 heavy (non-hydrogen) atoms. The third-order valence-electron chi connectivity index (χ3n) is 3.06. The third kappa shape index (κ3) is 4.76. The summed E-state index contributed by atoms with van der Waals surface area (Å²) in [6, 6.07) is 8.37. The van der Waals surface area contributed by atoms with Gasteiger partial charge in [0, 0.05) is 10.5 Å². The number of nitrogens with zero attached hydrogens (tertiary/aromatic N) is 1. The van der Waals surface area contributed by atoms with Gasteiger partial charge in [-0.25, -0.2) is 13.4 Å². The molecule has 0 bridgehead atoms. The molecule has 2 rings (SSSR count). The molecule has 1 aromatic heterocycles. The molecule has 2 aromatic rings. The molecular weight excluding hydrogens is 398 g/mol. The van der Waals surface area contributed by atoms with Gasteiger partial charge in [-0.05, 0) is 37.3 Å². The van der Waals surface area contributed by atoms with Gasteiger partial charge >= 0.3 is 0 Å². The number of rotatable bonds is 6. The van der Waals surface area contributed by atoms with Crippen LogP contribution in [0.2, 0.25) is 0 Å². The molecule has 128 valence electrons. The molecule has 1 atom stereocenters. The van der Waals surface area contributed by atoms with E-state index in [-0.39, 0.29) is 4.90 Å². The van der Waals surface area contributed by atoms with Crippen LogP contribution in [0.5, 0.6) is 5.88 Å². The maximum Gasteiger partial charge on any atom is 0.242 e. The number of hydrogen-bond acceptors (Lipinski definition) is 5. The maximum absolute atomic E-state index is 12.3. The van der Waals surface area contributed by atoms with E-state index in [2.05, 4.69) is 31.0 Å². The zero-order valence-corrected chi connectivity index (χ0v) is 15.4. The van der Waals surface area contributed by atoms with Gasteiger partial charge in [0.15, 0.2) is 0 Å². The number of hydrogen-bond donors (Lipinski definition) is 2. The number of aromatic nitrogens is 1. The first kappa shape index (κ1) is 18.4. The monoisotopic (exact) mass is 413 g/mol.